The lowest BCUT2D eigenvalue weighted by Gasteiger charge is -2.06. The van der Waals surface area contributed by atoms with Crippen LogP contribution in [0.3, 0.4) is 0 Å². The van der Waals surface area contributed by atoms with E-state index in [0.29, 0.717) is 10.0 Å². The van der Waals surface area contributed by atoms with Crippen molar-refractivity contribution < 1.29 is 14.5 Å². The lowest BCUT2D eigenvalue weighted by atomic mass is 10.1. The van der Waals surface area contributed by atoms with Crippen molar-refractivity contribution in [2.75, 3.05) is 7.11 Å². The molecule has 6 heteroatoms. The van der Waals surface area contributed by atoms with E-state index in [4.69, 9.17) is 0 Å². The standard InChI is InChI=1S/C10H10BrNO4/c1-6-3-4-8(12(14)15)7(10(6)11)5-9(13)16-2/h3-4H,5H2,1-2H3. The maximum atomic E-state index is 11.2. The van der Waals surface area contributed by atoms with Crippen LogP contribution in [0, 0.1) is 17.0 Å². The van der Waals surface area contributed by atoms with E-state index in [1.165, 1.54) is 13.2 Å². The molecule has 0 amide bonds. The van der Waals surface area contributed by atoms with Gasteiger partial charge in [-0.25, -0.2) is 0 Å². The molecule has 5 nitrogen and oxygen atoms in total. The van der Waals surface area contributed by atoms with E-state index in [1.807, 2.05) is 0 Å². The van der Waals surface area contributed by atoms with Crippen LogP contribution >= 0.6 is 15.9 Å². The Hall–Kier alpha value is -1.43. The molecule has 16 heavy (non-hydrogen) atoms. The van der Waals surface area contributed by atoms with Gasteiger partial charge in [0.25, 0.3) is 5.69 Å². The van der Waals surface area contributed by atoms with Crippen LogP contribution in [0.25, 0.3) is 0 Å². The highest BCUT2D eigenvalue weighted by molar-refractivity contribution is 9.10. The fraction of sp³-hybridized carbons (Fsp3) is 0.300. The number of carbonyl (C=O) groups excluding carboxylic acids is 1. The van der Waals surface area contributed by atoms with Gasteiger partial charge in [-0.15, -0.1) is 0 Å². The van der Waals surface area contributed by atoms with Crippen molar-refractivity contribution >= 4 is 27.6 Å². The Morgan fingerprint density at radius 1 is 1.56 bits per heavy atom. The van der Waals surface area contributed by atoms with E-state index in [0.717, 1.165) is 5.56 Å². The summed E-state index contributed by atoms with van der Waals surface area (Å²) in [7, 11) is 1.25. The molecular formula is C10H10BrNO4. The fourth-order valence-electron chi connectivity index (χ4n) is 1.28. The molecule has 0 radical (unpaired) electrons. The zero-order valence-electron chi connectivity index (χ0n) is 8.82. The third kappa shape index (κ3) is 2.57. The number of carbonyl (C=O) groups is 1. The minimum atomic E-state index is -0.511. The highest BCUT2D eigenvalue weighted by Gasteiger charge is 2.20. The number of hydrogen-bond donors (Lipinski definition) is 0. The van der Waals surface area contributed by atoms with Gasteiger partial charge in [-0.3, -0.25) is 14.9 Å². The van der Waals surface area contributed by atoms with Crippen molar-refractivity contribution in [1.29, 1.82) is 0 Å². The lowest BCUT2D eigenvalue weighted by molar-refractivity contribution is -0.385. The van der Waals surface area contributed by atoms with Gasteiger partial charge in [0.1, 0.15) is 0 Å². The van der Waals surface area contributed by atoms with Gasteiger partial charge in [-0.2, -0.15) is 0 Å². The summed E-state index contributed by atoms with van der Waals surface area (Å²) in [5.74, 6) is -0.505. The van der Waals surface area contributed by atoms with E-state index >= 15 is 0 Å². The zero-order valence-corrected chi connectivity index (χ0v) is 10.4. The minimum Gasteiger partial charge on any atom is -0.469 e. The molecular weight excluding hydrogens is 278 g/mol. The first kappa shape index (κ1) is 12.6. The molecule has 1 rings (SSSR count). The number of nitro benzene ring substituents is 1. The van der Waals surface area contributed by atoms with Crippen LogP contribution in [-0.2, 0) is 16.0 Å². The molecule has 0 aliphatic carbocycles. The summed E-state index contributed by atoms with van der Waals surface area (Å²) >= 11 is 3.24. The van der Waals surface area contributed by atoms with Gasteiger partial charge in [0.2, 0.25) is 0 Å². The molecule has 0 N–H and O–H groups in total. The van der Waals surface area contributed by atoms with Crippen LogP contribution in [0.4, 0.5) is 5.69 Å². The predicted molar refractivity (Wildman–Crippen MR) is 61.3 cm³/mol. The van der Waals surface area contributed by atoms with Crippen LogP contribution in [0.5, 0.6) is 0 Å². The van der Waals surface area contributed by atoms with E-state index in [1.54, 1.807) is 13.0 Å². The molecule has 0 atom stereocenters. The number of aryl methyl sites for hydroxylation is 1. The predicted octanol–water partition coefficient (Wildman–Crippen LogP) is 2.38. The molecule has 0 saturated carbocycles. The van der Waals surface area contributed by atoms with Gasteiger partial charge in [0.05, 0.1) is 24.0 Å². The molecule has 1 aromatic carbocycles. The Bertz CT molecular complexity index is 445. The lowest BCUT2D eigenvalue weighted by Crippen LogP contribution is -2.08. The second-order valence-corrected chi connectivity index (χ2v) is 4.00. The second-order valence-electron chi connectivity index (χ2n) is 3.20. The number of hydrogen-bond acceptors (Lipinski definition) is 4. The first-order valence-corrected chi connectivity index (χ1v) is 5.26. The molecule has 0 heterocycles. The van der Waals surface area contributed by atoms with Crippen molar-refractivity contribution in [1.82, 2.24) is 0 Å². The average Bonchev–Trinajstić information content (AvgIpc) is 2.24. The van der Waals surface area contributed by atoms with Crippen molar-refractivity contribution in [3.63, 3.8) is 0 Å². The number of rotatable bonds is 3. The summed E-state index contributed by atoms with van der Waals surface area (Å²) < 4.78 is 5.08. The second kappa shape index (κ2) is 5.07. The van der Waals surface area contributed by atoms with Crippen LogP contribution in [0.1, 0.15) is 11.1 Å². The summed E-state index contributed by atoms with van der Waals surface area (Å²) in [4.78, 5) is 21.4. The minimum absolute atomic E-state index is 0.0807. The van der Waals surface area contributed by atoms with Crippen LogP contribution in [0.2, 0.25) is 0 Å². The monoisotopic (exact) mass is 287 g/mol. The molecule has 0 unspecified atom stereocenters. The summed E-state index contributed by atoms with van der Waals surface area (Å²) in [5, 5.41) is 10.8. The maximum Gasteiger partial charge on any atom is 0.310 e. The Morgan fingerprint density at radius 3 is 2.69 bits per heavy atom. The van der Waals surface area contributed by atoms with Crippen LogP contribution in [0.15, 0.2) is 16.6 Å². The largest absolute Gasteiger partial charge is 0.469 e. The first-order valence-electron chi connectivity index (χ1n) is 4.46. The summed E-state index contributed by atoms with van der Waals surface area (Å²) in [6, 6.07) is 3.02. The average molecular weight is 288 g/mol. The van der Waals surface area contributed by atoms with Crippen LogP contribution < -0.4 is 0 Å². The number of nitrogens with zero attached hydrogens (tertiary/aromatic N) is 1. The number of ether oxygens (including phenoxy) is 1. The Balaban J connectivity index is 3.26. The number of esters is 1. The molecule has 1 aromatic rings. The van der Waals surface area contributed by atoms with Crippen molar-refractivity contribution in [2.24, 2.45) is 0 Å². The molecule has 0 aromatic heterocycles. The SMILES string of the molecule is COC(=O)Cc1c([N+](=O)[O-])ccc(C)c1Br. The summed E-state index contributed by atoms with van der Waals surface area (Å²) in [5.41, 5.74) is 1.10. The van der Waals surface area contributed by atoms with E-state index in [9.17, 15) is 14.9 Å². The van der Waals surface area contributed by atoms with E-state index in [2.05, 4.69) is 20.7 Å². The third-order valence-electron chi connectivity index (χ3n) is 2.16. The van der Waals surface area contributed by atoms with Crippen molar-refractivity contribution in [3.05, 3.63) is 37.8 Å². The van der Waals surface area contributed by atoms with Gasteiger partial charge in [-0.1, -0.05) is 6.07 Å². The number of methoxy groups -OCH3 is 1. The highest BCUT2D eigenvalue weighted by Crippen LogP contribution is 2.30. The fourth-order valence-corrected chi connectivity index (χ4v) is 1.76. The van der Waals surface area contributed by atoms with Gasteiger partial charge >= 0.3 is 5.97 Å². The first-order chi connectivity index (χ1) is 7.47. The smallest absolute Gasteiger partial charge is 0.310 e. The molecule has 0 bridgehead atoms. The third-order valence-corrected chi connectivity index (χ3v) is 3.26. The number of benzene rings is 1. The molecule has 0 saturated heterocycles. The quantitative estimate of drug-likeness (QED) is 0.486. The van der Waals surface area contributed by atoms with Crippen molar-refractivity contribution in [3.8, 4) is 0 Å². The molecule has 0 spiro atoms. The van der Waals surface area contributed by atoms with E-state index in [-0.39, 0.29) is 12.1 Å². The normalized spacial score (nSPS) is 9.94. The molecule has 0 aliphatic heterocycles. The van der Waals surface area contributed by atoms with Gasteiger partial charge < -0.3 is 4.74 Å². The van der Waals surface area contributed by atoms with Gasteiger partial charge in [-0.05, 0) is 28.4 Å². The van der Waals surface area contributed by atoms with Gasteiger partial charge in [0, 0.05) is 10.5 Å². The summed E-state index contributed by atoms with van der Waals surface area (Å²) in [6.07, 6.45) is -0.116. The van der Waals surface area contributed by atoms with E-state index < -0.39 is 10.9 Å². The number of nitro groups is 1. The Labute approximate surface area is 101 Å². The maximum absolute atomic E-state index is 11.2. The highest BCUT2D eigenvalue weighted by atomic mass is 79.9. The van der Waals surface area contributed by atoms with Crippen molar-refractivity contribution in [2.45, 2.75) is 13.3 Å². The zero-order chi connectivity index (χ0) is 12.3. The van der Waals surface area contributed by atoms with Crippen LogP contribution in [-0.4, -0.2) is 18.0 Å². The Morgan fingerprint density at radius 2 is 2.19 bits per heavy atom. The molecule has 0 fully saturated rings. The Kier molecular flexibility index (Phi) is 4.00. The topological polar surface area (TPSA) is 69.4 Å². The number of halogens is 1. The molecule has 86 valence electrons. The van der Waals surface area contributed by atoms with Gasteiger partial charge in [0.15, 0.2) is 0 Å². The molecule has 0 aliphatic rings. The summed E-state index contributed by atoms with van der Waals surface area (Å²) in [6.45, 7) is 1.80.